The molecule has 8 heteroatoms. The van der Waals surface area contributed by atoms with Gasteiger partial charge in [-0.2, -0.15) is 0 Å². The summed E-state index contributed by atoms with van der Waals surface area (Å²) in [5.74, 6) is 0.298. The maximum atomic E-state index is 10.8. The smallest absolute Gasteiger partial charge is 0.312 e. The predicted octanol–water partition coefficient (Wildman–Crippen LogP) is 2.26. The van der Waals surface area contributed by atoms with Crippen LogP contribution in [0.5, 0.6) is 5.75 Å². The van der Waals surface area contributed by atoms with Crippen LogP contribution in [0.3, 0.4) is 0 Å². The summed E-state index contributed by atoms with van der Waals surface area (Å²) in [6.45, 7) is 0.249. The van der Waals surface area contributed by atoms with Gasteiger partial charge >= 0.3 is 5.69 Å². The zero-order chi connectivity index (χ0) is 13.5. The number of oxime groups is 1. The number of nitro benzene ring substituents is 1. The van der Waals surface area contributed by atoms with E-state index in [1.54, 1.807) is 6.07 Å². The first-order valence-corrected chi connectivity index (χ1v) is 5.87. The minimum atomic E-state index is -0.510. The molecule has 0 fully saturated rings. The average molecular weight is 318 g/mol. The van der Waals surface area contributed by atoms with Gasteiger partial charge in [-0.05, 0) is 18.6 Å². The monoisotopic (exact) mass is 317 g/mol. The maximum absolute atomic E-state index is 10.8. The van der Waals surface area contributed by atoms with Crippen LogP contribution in [0.25, 0.3) is 0 Å². The highest BCUT2D eigenvalue weighted by atomic mass is 79.9. The van der Waals surface area contributed by atoms with Gasteiger partial charge in [0.15, 0.2) is 5.75 Å². The molecule has 0 atom stereocenters. The number of nitrogens with zero attached hydrogens (tertiary/aromatic N) is 2. The summed E-state index contributed by atoms with van der Waals surface area (Å²) >= 11 is 3.15. The number of hydrogen-bond acceptors (Lipinski definition) is 5. The largest absolute Gasteiger partial charge is 0.487 e. The molecule has 0 aliphatic carbocycles. The normalized spacial score (nSPS) is 11.3. The summed E-state index contributed by atoms with van der Waals surface area (Å²) < 4.78 is 5.90. The van der Waals surface area contributed by atoms with Crippen molar-refractivity contribution in [3.05, 3.63) is 32.8 Å². The number of nitro groups is 1. The van der Waals surface area contributed by atoms with Crippen LogP contribution in [0.15, 0.2) is 27.8 Å². The van der Waals surface area contributed by atoms with Gasteiger partial charge in [0, 0.05) is 17.0 Å². The predicted molar refractivity (Wildman–Crippen MR) is 68.9 cm³/mol. The zero-order valence-corrected chi connectivity index (χ0v) is 11.0. The second-order valence-corrected chi connectivity index (χ2v) is 4.33. The fourth-order valence-electron chi connectivity index (χ4n) is 1.24. The lowest BCUT2D eigenvalue weighted by molar-refractivity contribution is -0.385. The molecule has 0 aliphatic heterocycles. The molecule has 98 valence electrons. The minimum absolute atomic E-state index is 0.101. The molecule has 0 aromatic heterocycles. The van der Waals surface area contributed by atoms with Crippen molar-refractivity contribution in [1.82, 2.24) is 0 Å². The number of benzene rings is 1. The van der Waals surface area contributed by atoms with E-state index < -0.39 is 4.92 Å². The summed E-state index contributed by atoms with van der Waals surface area (Å²) in [6.07, 6.45) is 0.865. The fraction of sp³-hybridized carbons (Fsp3) is 0.300. The highest BCUT2D eigenvalue weighted by Gasteiger charge is 2.15. The summed E-state index contributed by atoms with van der Waals surface area (Å²) in [6, 6.07) is 4.55. The highest BCUT2D eigenvalue weighted by molar-refractivity contribution is 9.10. The van der Waals surface area contributed by atoms with Crippen molar-refractivity contribution in [3.8, 4) is 5.75 Å². The molecule has 1 rings (SSSR count). The summed E-state index contributed by atoms with van der Waals surface area (Å²) in [5, 5.41) is 21.9. The van der Waals surface area contributed by atoms with Gasteiger partial charge in [-0.15, -0.1) is 0 Å². The van der Waals surface area contributed by atoms with Gasteiger partial charge in [0.2, 0.25) is 0 Å². The third kappa shape index (κ3) is 4.21. The van der Waals surface area contributed by atoms with Crippen LogP contribution >= 0.6 is 15.9 Å². The van der Waals surface area contributed by atoms with Gasteiger partial charge in [-0.3, -0.25) is 10.1 Å². The van der Waals surface area contributed by atoms with Crippen LogP contribution in [-0.4, -0.2) is 22.6 Å². The molecular weight excluding hydrogens is 306 g/mol. The van der Waals surface area contributed by atoms with Crippen molar-refractivity contribution in [1.29, 1.82) is 0 Å². The number of ether oxygens (including phenoxy) is 1. The molecule has 0 aliphatic rings. The molecule has 0 heterocycles. The molecule has 18 heavy (non-hydrogen) atoms. The van der Waals surface area contributed by atoms with E-state index in [0.29, 0.717) is 17.3 Å². The maximum Gasteiger partial charge on any atom is 0.312 e. The van der Waals surface area contributed by atoms with Crippen LogP contribution in [0.2, 0.25) is 0 Å². The Bertz CT molecular complexity index is 464. The Morgan fingerprint density at radius 2 is 2.33 bits per heavy atom. The van der Waals surface area contributed by atoms with Gasteiger partial charge in [0.1, 0.15) is 5.84 Å². The summed E-state index contributed by atoms with van der Waals surface area (Å²) in [7, 11) is 0. The van der Waals surface area contributed by atoms with Crippen LogP contribution in [0.4, 0.5) is 5.69 Å². The number of hydrogen-bond donors (Lipinski definition) is 2. The molecule has 0 saturated carbocycles. The van der Waals surface area contributed by atoms with E-state index in [1.807, 2.05) is 0 Å². The average Bonchev–Trinajstić information content (AvgIpc) is 2.35. The van der Waals surface area contributed by atoms with E-state index in [2.05, 4.69) is 21.1 Å². The van der Waals surface area contributed by atoms with E-state index in [1.165, 1.54) is 12.1 Å². The van der Waals surface area contributed by atoms with Crippen LogP contribution in [-0.2, 0) is 0 Å². The van der Waals surface area contributed by atoms with E-state index in [0.717, 1.165) is 0 Å². The van der Waals surface area contributed by atoms with Crippen molar-refractivity contribution in [2.45, 2.75) is 12.8 Å². The molecule has 0 unspecified atom stereocenters. The Labute approximate surface area is 112 Å². The molecule has 7 nitrogen and oxygen atoms in total. The molecule has 1 aromatic rings. The molecule has 0 spiro atoms. The fourth-order valence-corrected chi connectivity index (χ4v) is 1.59. The number of halogens is 1. The molecule has 0 bridgehead atoms. The molecule has 0 amide bonds. The highest BCUT2D eigenvalue weighted by Crippen LogP contribution is 2.30. The van der Waals surface area contributed by atoms with Crippen molar-refractivity contribution < 1.29 is 14.9 Å². The van der Waals surface area contributed by atoms with Gasteiger partial charge in [0.25, 0.3) is 0 Å². The summed E-state index contributed by atoms with van der Waals surface area (Å²) in [4.78, 5) is 10.3. The van der Waals surface area contributed by atoms with Crippen LogP contribution < -0.4 is 10.5 Å². The number of amidine groups is 1. The SMILES string of the molecule is NC(CCCOc1ccc(Br)cc1[N+](=O)[O-])=NO. The lowest BCUT2D eigenvalue weighted by Crippen LogP contribution is -2.13. The quantitative estimate of drug-likeness (QED) is 0.209. The molecule has 0 saturated heterocycles. The Morgan fingerprint density at radius 3 is 2.94 bits per heavy atom. The lowest BCUT2D eigenvalue weighted by Gasteiger charge is -2.06. The zero-order valence-electron chi connectivity index (χ0n) is 9.38. The van der Waals surface area contributed by atoms with E-state index in [4.69, 9.17) is 15.7 Å². The van der Waals surface area contributed by atoms with E-state index in [-0.39, 0.29) is 23.9 Å². The minimum Gasteiger partial charge on any atom is -0.487 e. The van der Waals surface area contributed by atoms with Crippen molar-refractivity contribution in [2.75, 3.05) is 6.61 Å². The molecule has 3 N–H and O–H groups in total. The molecular formula is C10H12BrN3O4. The lowest BCUT2D eigenvalue weighted by atomic mass is 10.3. The first kappa shape index (κ1) is 14.2. The Morgan fingerprint density at radius 1 is 1.61 bits per heavy atom. The Kier molecular flexibility index (Phi) is 5.37. The van der Waals surface area contributed by atoms with Crippen molar-refractivity contribution in [2.24, 2.45) is 10.9 Å². The summed E-state index contributed by atoms with van der Waals surface area (Å²) in [5.41, 5.74) is 5.18. The van der Waals surface area contributed by atoms with Crippen LogP contribution in [0, 0.1) is 10.1 Å². The van der Waals surface area contributed by atoms with Gasteiger partial charge < -0.3 is 15.7 Å². The number of rotatable bonds is 6. The topological polar surface area (TPSA) is 111 Å². The first-order chi connectivity index (χ1) is 8.54. The second kappa shape index (κ2) is 6.80. The standard InChI is InChI=1S/C10H12BrN3O4/c11-7-3-4-9(8(6-7)14(16)17)18-5-1-2-10(12)13-15/h3-4,6,15H,1-2,5H2,(H2,12,13). The van der Waals surface area contributed by atoms with E-state index in [9.17, 15) is 10.1 Å². The van der Waals surface area contributed by atoms with Crippen LogP contribution in [0.1, 0.15) is 12.8 Å². The van der Waals surface area contributed by atoms with Gasteiger partial charge in [-0.1, -0.05) is 21.1 Å². The molecule has 1 aromatic carbocycles. The third-order valence-corrected chi connectivity index (χ3v) is 2.57. The van der Waals surface area contributed by atoms with Gasteiger partial charge in [0.05, 0.1) is 11.5 Å². The van der Waals surface area contributed by atoms with Crippen molar-refractivity contribution >= 4 is 27.5 Å². The second-order valence-electron chi connectivity index (χ2n) is 3.41. The van der Waals surface area contributed by atoms with E-state index >= 15 is 0 Å². The van der Waals surface area contributed by atoms with Gasteiger partial charge in [-0.25, -0.2) is 0 Å². The first-order valence-electron chi connectivity index (χ1n) is 5.07. The Hall–Kier alpha value is -1.83. The number of nitrogens with two attached hydrogens (primary N) is 1. The molecule has 0 radical (unpaired) electrons. The third-order valence-electron chi connectivity index (χ3n) is 2.08. The Balaban J connectivity index is 2.59. The van der Waals surface area contributed by atoms with Crippen molar-refractivity contribution in [3.63, 3.8) is 0 Å².